The van der Waals surface area contributed by atoms with Crippen LogP contribution >= 0.6 is 0 Å². The van der Waals surface area contributed by atoms with Crippen LogP contribution in [0.25, 0.3) is 0 Å². The second-order valence-electron chi connectivity index (χ2n) is 7.10. The maximum atomic E-state index is 12.5. The molecule has 0 aliphatic carbocycles. The first-order valence-corrected chi connectivity index (χ1v) is 9.65. The molecule has 2 aliphatic heterocycles. The minimum Gasteiger partial charge on any atom is -0.356 e. The minimum atomic E-state index is -0.0440. The molecule has 1 aromatic carbocycles. The van der Waals surface area contributed by atoms with Crippen molar-refractivity contribution in [2.75, 3.05) is 54.4 Å². The Labute approximate surface area is 160 Å². The molecule has 0 bridgehead atoms. The summed E-state index contributed by atoms with van der Waals surface area (Å²) in [6.45, 7) is 7.01. The van der Waals surface area contributed by atoms with E-state index in [1.54, 1.807) is 0 Å². The van der Waals surface area contributed by atoms with E-state index in [4.69, 9.17) is 0 Å². The summed E-state index contributed by atoms with van der Waals surface area (Å²) in [5.41, 5.74) is 0.826. The number of nitrogens with one attached hydrogen (secondary N) is 1. The molecule has 27 heavy (non-hydrogen) atoms. The second kappa shape index (κ2) is 7.82. The van der Waals surface area contributed by atoms with Crippen LogP contribution in [0.5, 0.6) is 0 Å². The largest absolute Gasteiger partial charge is 0.356 e. The van der Waals surface area contributed by atoms with Gasteiger partial charge in [-0.05, 0) is 31.9 Å². The monoisotopic (exact) mass is 366 g/mol. The van der Waals surface area contributed by atoms with Crippen molar-refractivity contribution >= 4 is 23.4 Å². The molecule has 0 spiro atoms. The highest BCUT2D eigenvalue weighted by atomic mass is 16.2. The number of carbonyl (C=O) groups excluding carboxylic acids is 1. The Balaban J connectivity index is 1.38. The number of para-hydroxylation sites is 1. The molecule has 2 fully saturated rings. The van der Waals surface area contributed by atoms with E-state index in [-0.39, 0.29) is 6.03 Å². The third kappa shape index (κ3) is 4.13. The van der Waals surface area contributed by atoms with Gasteiger partial charge in [0.2, 0.25) is 0 Å². The lowest BCUT2D eigenvalue weighted by Crippen LogP contribution is -2.50. The number of hydrogen-bond donors (Lipinski definition) is 1. The molecule has 4 rings (SSSR count). The highest BCUT2D eigenvalue weighted by Gasteiger charge is 2.23. The normalized spacial score (nSPS) is 17.3. The van der Waals surface area contributed by atoms with E-state index in [0.29, 0.717) is 13.1 Å². The molecule has 1 aromatic heterocycles. The van der Waals surface area contributed by atoms with Crippen molar-refractivity contribution in [3.05, 3.63) is 42.2 Å². The van der Waals surface area contributed by atoms with Gasteiger partial charge in [0, 0.05) is 51.0 Å². The highest BCUT2D eigenvalue weighted by Crippen LogP contribution is 2.23. The summed E-state index contributed by atoms with van der Waals surface area (Å²) < 4.78 is 0. The molecule has 0 radical (unpaired) electrons. The fourth-order valence-electron chi connectivity index (χ4n) is 3.67. The van der Waals surface area contributed by atoms with Gasteiger partial charge < -0.3 is 20.0 Å². The Morgan fingerprint density at radius 1 is 0.889 bits per heavy atom. The van der Waals surface area contributed by atoms with Crippen LogP contribution in [0.15, 0.2) is 36.4 Å². The van der Waals surface area contributed by atoms with Crippen LogP contribution in [0.1, 0.15) is 18.7 Å². The summed E-state index contributed by atoms with van der Waals surface area (Å²) in [5.74, 6) is 2.80. The van der Waals surface area contributed by atoms with Crippen LogP contribution in [0.3, 0.4) is 0 Å². The van der Waals surface area contributed by atoms with Crippen molar-refractivity contribution in [3.8, 4) is 0 Å². The van der Waals surface area contributed by atoms with Gasteiger partial charge in [0.05, 0.1) is 0 Å². The Hall–Kier alpha value is -2.83. The van der Waals surface area contributed by atoms with Crippen molar-refractivity contribution in [2.45, 2.75) is 19.8 Å². The Bertz CT molecular complexity index is 782. The third-order valence-corrected chi connectivity index (χ3v) is 5.16. The van der Waals surface area contributed by atoms with Crippen LogP contribution in [0.4, 0.5) is 22.1 Å². The number of nitrogens with zero attached hydrogens (tertiary/aromatic N) is 5. The molecular weight excluding hydrogens is 340 g/mol. The van der Waals surface area contributed by atoms with E-state index in [0.717, 1.165) is 49.3 Å². The average molecular weight is 366 g/mol. The number of aryl methyl sites for hydroxylation is 1. The van der Waals surface area contributed by atoms with Crippen molar-refractivity contribution in [3.63, 3.8) is 0 Å². The molecule has 142 valence electrons. The number of carbonyl (C=O) groups is 1. The smallest absolute Gasteiger partial charge is 0.321 e. The molecule has 2 saturated heterocycles. The molecule has 2 amide bonds. The molecule has 1 N–H and O–H groups in total. The van der Waals surface area contributed by atoms with Crippen LogP contribution in [0.2, 0.25) is 0 Å². The summed E-state index contributed by atoms with van der Waals surface area (Å²) in [5, 5.41) is 2.96. The Kier molecular flexibility index (Phi) is 5.09. The van der Waals surface area contributed by atoms with Crippen molar-refractivity contribution in [1.29, 1.82) is 0 Å². The van der Waals surface area contributed by atoms with Crippen LogP contribution in [-0.4, -0.2) is 60.2 Å². The first-order valence-electron chi connectivity index (χ1n) is 9.65. The van der Waals surface area contributed by atoms with E-state index in [2.05, 4.69) is 31.2 Å². The fraction of sp³-hybridized carbons (Fsp3) is 0.450. The molecule has 7 heteroatoms. The van der Waals surface area contributed by atoms with E-state index in [9.17, 15) is 4.79 Å². The van der Waals surface area contributed by atoms with Gasteiger partial charge in [-0.3, -0.25) is 0 Å². The molecule has 7 nitrogen and oxygen atoms in total. The minimum absolute atomic E-state index is 0.0440. The van der Waals surface area contributed by atoms with Crippen molar-refractivity contribution in [1.82, 2.24) is 14.9 Å². The third-order valence-electron chi connectivity index (χ3n) is 5.16. The van der Waals surface area contributed by atoms with Crippen molar-refractivity contribution < 1.29 is 4.79 Å². The number of piperazine rings is 1. The quantitative estimate of drug-likeness (QED) is 0.905. The van der Waals surface area contributed by atoms with E-state index in [1.165, 1.54) is 12.8 Å². The zero-order chi connectivity index (χ0) is 18.6. The predicted molar refractivity (Wildman–Crippen MR) is 107 cm³/mol. The average Bonchev–Trinajstić information content (AvgIpc) is 3.23. The van der Waals surface area contributed by atoms with Gasteiger partial charge in [0.1, 0.15) is 17.5 Å². The first kappa shape index (κ1) is 17.6. The van der Waals surface area contributed by atoms with Gasteiger partial charge in [0.15, 0.2) is 0 Å². The van der Waals surface area contributed by atoms with Gasteiger partial charge in [-0.1, -0.05) is 18.2 Å². The lowest BCUT2D eigenvalue weighted by atomic mass is 10.3. The number of amides is 2. The summed E-state index contributed by atoms with van der Waals surface area (Å²) in [6.07, 6.45) is 2.46. The highest BCUT2D eigenvalue weighted by molar-refractivity contribution is 5.89. The number of hydrogen-bond acceptors (Lipinski definition) is 5. The zero-order valence-electron chi connectivity index (χ0n) is 15.8. The molecular formula is C20H26N6O. The Morgan fingerprint density at radius 3 is 2.11 bits per heavy atom. The van der Waals surface area contributed by atoms with Gasteiger partial charge in [-0.2, -0.15) is 0 Å². The van der Waals surface area contributed by atoms with Gasteiger partial charge in [0.25, 0.3) is 0 Å². The summed E-state index contributed by atoms with van der Waals surface area (Å²) in [7, 11) is 0. The van der Waals surface area contributed by atoms with Crippen molar-refractivity contribution in [2.24, 2.45) is 0 Å². The van der Waals surface area contributed by atoms with Crippen LogP contribution < -0.4 is 15.1 Å². The lowest BCUT2D eigenvalue weighted by Gasteiger charge is -2.35. The number of rotatable bonds is 3. The zero-order valence-corrected chi connectivity index (χ0v) is 15.8. The SMILES string of the molecule is Cc1nc(N2CCCC2)cc(N2CCN(C(=O)Nc3ccccc3)CC2)n1. The van der Waals surface area contributed by atoms with E-state index >= 15 is 0 Å². The summed E-state index contributed by atoms with van der Waals surface area (Å²) >= 11 is 0. The topological polar surface area (TPSA) is 64.6 Å². The lowest BCUT2D eigenvalue weighted by molar-refractivity contribution is 0.208. The molecule has 2 aromatic rings. The Morgan fingerprint density at radius 2 is 1.48 bits per heavy atom. The maximum absolute atomic E-state index is 12.5. The van der Waals surface area contributed by atoms with E-state index < -0.39 is 0 Å². The predicted octanol–water partition coefficient (Wildman–Crippen LogP) is 2.74. The number of urea groups is 1. The number of benzene rings is 1. The fourth-order valence-corrected chi connectivity index (χ4v) is 3.67. The van der Waals surface area contributed by atoms with Gasteiger partial charge >= 0.3 is 6.03 Å². The standard InChI is InChI=1S/C20H26N6O/c1-16-21-18(24-9-5-6-10-24)15-19(22-16)25-11-13-26(14-12-25)20(27)23-17-7-3-2-4-8-17/h2-4,7-8,15H,5-6,9-14H2,1H3,(H,23,27). The number of anilines is 3. The number of aromatic nitrogens is 2. The maximum Gasteiger partial charge on any atom is 0.321 e. The summed E-state index contributed by atoms with van der Waals surface area (Å²) in [6, 6.07) is 11.6. The molecule has 0 atom stereocenters. The van der Waals surface area contributed by atoms with E-state index in [1.807, 2.05) is 42.2 Å². The first-order chi connectivity index (χ1) is 13.2. The van der Waals surface area contributed by atoms with Gasteiger partial charge in [-0.25, -0.2) is 14.8 Å². The molecule has 2 aliphatic rings. The summed E-state index contributed by atoms with van der Waals surface area (Å²) in [4.78, 5) is 28.2. The second-order valence-corrected chi connectivity index (χ2v) is 7.10. The molecule has 0 unspecified atom stereocenters. The molecule has 0 saturated carbocycles. The van der Waals surface area contributed by atoms with Crippen LogP contribution in [-0.2, 0) is 0 Å². The molecule has 3 heterocycles. The van der Waals surface area contributed by atoms with Crippen LogP contribution in [0, 0.1) is 6.92 Å². The van der Waals surface area contributed by atoms with Gasteiger partial charge in [-0.15, -0.1) is 0 Å².